The molecule has 0 bridgehead atoms. The summed E-state index contributed by atoms with van der Waals surface area (Å²) in [4.78, 5) is 12.3. The van der Waals surface area contributed by atoms with Crippen molar-refractivity contribution in [3.63, 3.8) is 0 Å². The van der Waals surface area contributed by atoms with Gasteiger partial charge in [0.2, 0.25) is 0 Å². The SMILES string of the molecule is O=C(CSc1ccccc1F)CC1CCCC1. The summed E-state index contributed by atoms with van der Waals surface area (Å²) in [7, 11) is 0. The maximum atomic E-state index is 13.3. The Kier molecular flexibility index (Phi) is 4.60. The largest absolute Gasteiger partial charge is 0.299 e. The van der Waals surface area contributed by atoms with Gasteiger partial charge in [-0.25, -0.2) is 4.39 Å². The van der Waals surface area contributed by atoms with Gasteiger partial charge in [0.15, 0.2) is 0 Å². The molecule has 0 amide bonds. The lowest BCUT2D eigenvalue weighted by Crippen LogP contribution is -2.07. The molecule has 17 heavy (non-hydrogen) atoms. The van der Waals surface area contributed by atoms with Gasteiger partial charge in [-0.05, 0) is 18.1 Å². The molecule has 0 spiro atoms. The van der Waals surface area contributed by atoms with Gasteiger partial charge in [-0.2, -0.15) is 0 Å². The van der Waals surface area contributed by atoms with E-state index >= 15 is 0 Å². The van der Waals surface area contributed by atoms with Gasteiger partial charge < -0.3 is 0 Å². The summed E-state index contributed by atoms with van der Waals surface area (Å²) in [5, 5.41) is 0. The highest BCUT2D eigenvalue weighted by Crippen LogP contribution is 2.29. The van der Waals surface area contributed by atoms with Crippen LogP contribution in [0.15, 0.2) is 29.2 Å². The van der Waals surface area contributed by atoms with E-state index in [0.29, 0.717) is 23.0 Å². The van der Waals surface area contributed by atoms with E-state index in [9.17, 15) is 9.18 Å². The van der Waals surface area contributed by atoms with E-state index < -0.39 is 0 Å². The molecule has 1 aliphatic carbocycles. The quantitative estimate of drug-likeness (QED) is 0.735. The van der Waals surface area contributed by atoms with Crippen molar-refractivity contribution in [2.75, 3.05) is 5.75 Å². The van der Waals surface area contributed by atoms with Crippen molar-refractivity contribution in [3.8, 4) is 0 Å². The van der Waals surface area contributed by atoms with Crippen molar-refractivity contribution >= 4 is 17.5 Å². The summed E-state index contributed by atoms with van der Waals surface area (Å²) < 4.78 is 13.3. The highest BCUT2D eigenvalue weighted by atomic mass is 32.2. The standard InChI is InChI=1S/C14H17FOS/c15-13-7-3-4-8-14(13)17-10-12(16)9-11-5-1-2-6-11/h3-4,7-8,11H,1-2,5-6,9-10H2. The third-order valence-electron chi connectivity index (χ3n) is 3.22. The Morgan fingerprint density at radius 3 is 2.71 bits per heavy atom. The minimum Gasteiger partial charge on any atom is -0.299 e. The molecule has 0 aliphatic heterocycles. The lowest BCUT2D eigenvalue weighted by molar-refractivity contribution is -0.117. The first-order valence-corrected chi connectivity index (χ1v) is 7.13. The molecule has 1 aromatic rings. The maximum absolute atomic E-state index is 13.3. The van der Waals surface area contributed by atoms with Gasteiger partial charge in [0.05, 0.1) is 5.75 Å². The van der Waals surface area contributed by atoms with E-state index in [1.807, 2.05) is 0 Å². The molecule has 3 heteroatoms. The maximum Gasteiger partial charge on any atom is 0.143 e. The molecule has 2 rings (SSSR count). The van der Waals surface area contributed by atoms with Crippen LogP contribution in [0.5, 0.6) is 0 Å². The highest BCUT2D eigenvalue weighted by molar-refractivity contribution is 8.00. The summed E-state index contributed by atoms with van der Waals surface area (Å²) in [5.41, 5.74) is 0. The molecule has 0 aromatic heterocycles. The Balaban J connectivity index is 1.77. The smallest absolute Gasteiger partial charge is 0.143 e. The van der Waals surface area contributed by atoms with Crippen molar-refractivity contribution in [3.05, 3.63) is 30.1 Å². The number of hydrogen-bond acceptors (Lipinski definition) is 2. The molecule has 1 aliphatic rings. The van der Waals surface area contributed by atoms with Gasteiger partial charge >= 0.3 is 0 Å². The number of ketones is 1. The summed E-state index contributed by atoms with van der Waals surface area (Å²) in [5.74, 6) is 1.01. The van der Waals surface area contributed by atoms with Gasteiger partial charge in [-0.3, -0.25) is 4.79 Å². The van der Waals surface area contributed by atoms with E-state index in [-0.39, 0.29) is 11.6 Å². The number of thioether (sulfide) groups is 1. The molecule has 0 saturated heterocycles. The molecule has 1 fully saturated rings. The lowest BCUT2D eigenvalue weighted by atomic mass is 10.0. The first kappa shape index (κ1) is 12.6. The normalized spacial score (nSPS) is 16.3. The monoisotopic (exact) mass is 252 g/mol. The molecule has 0 atom stereocenters. The van der Waals surface area contributed by atoms with E-state index in [4.69, 9.17) is 0 Å². The van der Waals surface area contributed by atoms with Crippen LogP contribution < -0.4 is 0 Å². The second-order valence-electron chi connectivity index (χ2n) is 4.61. The summed E-state index contributed by atoms with van der Waals surface area (Å²) in [6, 6.07) is 6.62. The second-order valence-corrected chi connectivity index (χ2v) is 5.63. The molecule has 1 aromatic carbocycles. The van der Waals surface area contributed by atoms with Gasteiger partial charge in [-0.1, -0.05) is 37.8 Å². The minimum absolute atomic E-state index is 0.230. The van der Waals surface area contributed by atoms with Crippen molar-refractivity contribution in [2.24, 2.45) is 5.92 Å². The van der Waals surface area contributed by atoms with Crippen LogP contribution in [0.1, 0.15) is 32.1 Å². The van der Waals surface area contributed by atoms with Crippen LogP contribution in [0.4, 0.5) is 4.39 Å². The molecule has 0 N–H and O–H groups in total. The lowest BCUT2D eigenvalue weighted by Gasteiger charge is -2.07. The number of benzene rings is 1. The topological polar surface area (TPSA) is 17.1 Å². The van der Waals surface area contributed by atoms with E-state index in [1.54, 1.807) is 18.2 Å². The molecule has 0 unspecified atom stereocenters. The van der Waals surface area contributed by atoms with Crippen LogP contribution in [0.3, 0.4) is 0 Å². The third kappa shape index (κ3) is 3.84. The first-order chi connectivity index (χ1) is 8.25. The Bertz CT molecular complexity index is 386. The number of Topliss-reactive ketones (excluding diaryl/α,β-unsaturated/α-hetero) is 1. The first-order valence-electron chi connectivity index (χ1n) is 6.15. The van der Waals surface area contributed by atoms with Crippen molar-refractivity contribution < 1.29 is 9.18 Å². The van der Waals surface area contributed by atoms with E-state index in [1.165, 1.54) is 43.5 Å². The molecular weight excluding hydrogens is 235 g/mol. The van der Waals surface area contributed by atoms with Crippen LogP contribution in [0, 0.1) is 11.7 Å². The van der Waals surface area contributed by atoms with Gasteiger partial charge in [-0.15, -0.1) is 11.8 Å². The number of rotatable bonds is 5. The molecule has 1 saturated carbocycles. The van der Waals surface area contributed by atoms with Crippen LogP contribution in [-0.2, 0) is 4.79 Å². The van der Waals surface area contributed by atoms with E-state index in [0.717, 1.165) is 0 Å². The zero-order valence-electron chi connectivity index (χ0n) is 9.82. The minimum atomic E-state index is -0.230. The zero-order valence-corrected chi connectivity index (χ0v) is 10.6. The molecule has 92 valence electrons. The molecule has 0 radical (unpaired) electrons. The fourth-order valence-electron chi connectivity index (χ4n) is 2.32. The fourth-order valence-corrected chi connectivity index (χ4v) is 3.13. The number of hydrogen-bond donors (Lipinski definition) is 0. The summed E-state index contributed by atoms with van der Waals surface area (Å²) in [6.45, 7) is 0. The van der Waals surface area contributed by atoms with Crippen LogP contribution in [0.2, 0.25) is 0 Å². The van der Waals surface area contributed by atoms with Crippen molar-refractivity contribution in [1.82, 2.24) is 0 Å². The van der Waals surface area contributed by atoms with Gasteiger partial charge in [0.25, 0.3) is 0 Å². The predicted octanol–water partition coefficient (Wildman–Crippen LogP) is 4.07. The van der Waals surface area contributed by atoms with E-state index in [2.05, 4.69) is 0 Å². The Morgan fingerprint density at radius 2 is 2.00 bits per heavy atom. The average Bonchev–Trinajstić information content (AvgIpc) is 2.81. The Morgan fingerprint density at radius 1 is 1.29 bits per heavy atom. The van der Waals surface area contributed by atoms with Crippen molar-refractivity contribution in [1.29, 1.82) is 0 Å². The van der Waals surface area contributed by atoms with Crippen LogP contribution in [-0.4, -0.2) is 11.5 Å². The van der Waals surface area contributed by atoms with Crippen molar-refractivity contribution in [2.45, 2.75) is 37.0 Å². The third-order valence-corrected chi connectivity index (χ3v) is 4.32. The Hall–Kier alpha value is -0.830. The molecule has 0 heterocycles. The summed E-state index contributed by atoms with van der Waals surface area (Å²) >= 11 is 1.31. The second kappa shape index (κ2) is 6.20. The Labute approximate surface area is 106 Å². The number of carbonyl (C=O) groups excluding carboxylic acids is 1. The molecule has 1 nitrogen and oxygen atoms in total. The van der Waals surface area contributed by atoms with Crippen LogP contribution in [0.25, 0.3) is 0 Å². The number of halogens is 1. The van der Waals surface area contributed by atoms with Gasteiger partial charge in [0, 0.05) is 11.3 Å². The summed E-state index contributed by atoms with van der Waals surface area (Å²) in [6.07, 6.45) is 5.59. The van der Waals surface area contributed by atoms with Crippen LogP contribution >= 0.6 is 11.8 Å². The molecular formula is C14H17FOS. The predicted molar refractivity (Wildman–Crippen MR) is 68.7 cm³/mol. The fraction of sp³-hybridized carbons (Fsp3) is 0.500. The highest BCUT2D eigenvalue weighted by Gasteiger charge is 2.18. The average molecular weight is 252 g/mol. The number of carbonyl (C=O) groups is 1. The zero-order chi connectivity index (χ0) is 12.1. The van der Waals surface area contributed by atoms with Gasteiger partial charge in [0.1, 0.15) is 11.6 Å².